The van der Waals surface area contributed by atoms with Gasteiger partial charge >= 0.3 is 7.12 Å². The molecule has 3 rings (SSSR count). The van der Waals surface area contributed by atoms with E-state index in [0.717, 1.165) is 16.3 Å². The van der Waals surface area contributed by atoms with Gasteiger partial charge in [-0.25, -0.2) is 0 Å². The minimum atomic E-state index is -1.65. The fraction of sp³-hybridized carbons (Fsp3) is 0.200. The topological polar surface area (TPSA) is 106 Å². The minimum absolute atomic E-state index is 0.00902. The second-order valence-electron chi connectivity index (χ2n) is 6.36. The third-order valence-electron chi connectivity index (χ3n) is 4.65. The number of nitrogens with two attached hydrogens (primary N) is 1. The molecule has 0 bridgehead atoms. The number of methoxy groups -OCH3 is 1. The lowest BCUT2D eigenvalue weighted by molar-refractivity contribution is -0.119. The molecular weight excluding hydrogens is 343 g/mol. The molecule has 138 valence electrons. The van der Waals surface area contributed by atoms with Gasteiger partial charge in [0, 0.05) is 36.2 Å². The SMILES string of the molecule is COc1cc(C(CN)C(=O)Cc2ccc3cnccc3c2)ccc1B(O)O. The van der Waals surface area contributed by atoms with E-state index in [-0.39, 0.29) is 24.2 Å². The summed E-state index contributed by atoms with van der Waals surface area (Å²) in [5.74, 6) is -0.200. The molecule has 6 nitrogen and oxygen atoms in total. The Morgan fingerprint density at radius 2 is 2.00 bits per heavy atom. The number of hydrogen-bond donors (Lipinski definition) is 3. The van der Waals surface area contributed by atoms with Gasteiger partial charge in [-0.1, -0.05) is 30.3 Å². The Morgan fingerprint density at radius 1 is 1.19 bits per heavy atom. The fourth-order valence-electron chi connectivity index (χ4n) is 3.18. The summed E-state index contributed by atoms with van der Waals surface area (Å²) in [4.78, 5) is 17.0. The standard InChI is InChI=1S/C20H21BN2O4/c1-27-20-10-15(4-5-18(20)21(25)26)17(11-22)19(24)9-13-2-3-16-12-23-7-6-14(16)8-13/h2-8,10,12,17,25-26H,9,11,22H2,1H3. The number of carbonyl (C=O) groups is 1. The first-order valence-corrected chi connectivity index (χ1v) is 8.63. The minimum Gasteiger partial charge on any atom is -0.497 e. The molecular formula is C20H21BN2O4. The van der Waals surface area contributed by atoms with Crippen LogP contribution in [0.5, 0.6) is 5.75 Å². The first-order valence-electron chi connectivity index (χ1n) is 8.63. The first kappa shape index (κ1) is 19.0. The van der Waals surface area contributed by atoms with Gasteiger partial charge in [0.05, 0.1) is 13.0 Å². The van der Waals surface area contributed by atoms with Gasteiger partial charge < -0.3 is 20.5 Å². The lowest BCUT2D eigenvalue weighted by Crippen LogP contribution is -2.32. The van der Waals surface area contributed by atoms with Gasteiger partial charge in [0.2, 0.25) is 0 Å². The summed E-state index contributed by atoms with van der Waals surface area (Å²) in [6, 6.07) is 12.6. The van der Waals surface area contributed by atoms with Crippen LogP contribution in [0.15, 0.2) is 54.9 Å². The van der Waals surface area contributed by atoms with E-state index in [4.69, 9.17) is 10.5 Å². The molecule has 0 saturated heterocycles. The van der Waals surface area contributed by atoms with Crippen molar-refractivity contribution in [2.45, 2.75) is 12.3 Å². The summed E-state index contributed by atoms with van der Waals surface area (Å²) >= 11 is 0. The van der Waals surface area contributed by atoms with E-state index < -0.39 is 13.0 Å². The van der Waals surface area contributed by atoms with Gasteiger partial charge in [-0.2, -0.15) is 0 Å². The van der Waals surface area contributed by atoms with Crippen molar-refractivity contribution in [2.24, 2.45) is 5.73 Å². The average Bonchev–Trinajstić information content (AvgIpc) is 2.68. The highest BCUT2D eigenvalue weighted by Gasteiger charge is 2.23. The maximum Gasteiger partial charge on any atom is 0.492 e. The van der Waals surface area contributed by atoms with Crippen LogP contribution in [0.4, 0.5) is 0 Å². The summed E-state index contributed by atoms with van der Waals surface area (Å²) in [6.07, 6.45) is 3.76. The van der Waals surface area contributed by atoms with Crippen LogP contribution in [0, 0.1) is 0 Å². The molecule has 1 atom stereocenters. The predicted octanol–water partition coefficient (Wildman–Crippen LogP) is 0.777. The molecule has 0 saturated carbocycles. The molecule has 0 fully saturated rings. The molecule has 0 aliphatic heterocycles. The van der Waals surface area contributed by atoms with Crippen molar-refractivity contribution in [1.29, 1.82) is 0 Å². The molecule has 1 aromatic heterocycles. The van der Waals surface area contributed by atoms with E-state index in [0.29, 0.717) is 11.3 Å². The van der Waals surface area contributed by atoms with Crippen molar-refractivity contribution in [3.63, 3.8) is 0 Å². The fourth-order valence-corrected chi connectivity index (χ4v) is 3.18. The number of rotatable bonds is 7. The number of aromatic nitrogens is 1. The second-order valence-corrected chi connectivity index (χ2v) is 6.36. The third-order valence-corrected chi connectivity index (χ3v) is 4.65. The first-order chi connectivity index (χ1) is 13.0. The van der Waals surface area contributed by atoms with Crippen LogP contribution in [-0.2, 0) is 11.2 Å². The Kier molecular flexibility index (Phi) is 5.86. The van der Waals surface area contributed by atoms with E-state index in [1.807, 2.05) is 24.3 Å². The van der Waals surface area contributed by atoms with Crippen molar-refractivity contribution < 1.29 is 19.6 Å². The molecule has 2 aromatic carbocycles. The van der Waals surface area contributed by atoms with Crippen molar-refractivity contribution in [2.75, 3.05) is 13.7 Å². The normalized spacial score (nSPS) is 12.0. The lowest BCUT2D eigenvalue weighted by Gasteiger charge is -2.17. The molecule has 7 heteroatoms. The Balaban J connectivity index is 1.85. The van der Waals surface area contributed by atoms with Gasteiger partial charge in [0.1, 0.15) is 11.5 Å². The van der Waals surface area contributed by atoms with Crippen LogP contribution in [-0.4, -0.2) is 41.6 Å². The third kappa shape index (κ3) is 4.16. The number of nitrogens with zero attached hydrogens (tertiary/aromatic N) is 1. The molecule has 0 aliphatic carbocycles. The van der Waals surface area contributed by atoms with Gasteiger partial charge in [-0.05, 0) is 28.6 Å². The predicted molar refractivity (Wildman–Crippen MR) is 105 cm³/mol. The van der Waals surface area contributed by atoms with Crippen LogP contribution >= 0.6 is 0 Å². The van der Waals surface area contributed by atoms with Crippen LogP contribution in [0.3, 0.4) is 0 Å². The van der Waals surface area contributed by atoms with Gasteiger partial charge in [0.25, 0.3) is 0 Å². The van der Waals surface area contributed by atoms with E-state index in [2.05, 4.69) is 4.98 Å². The lowest BCUT2D eigenvalue weighted by atomic mass is 9.78. The number of fused-ring (bicyclic) bond motifs is 1. The summed E-state index contributed by atoms with van der Waals surface area (Å²) in [7, 11) is -0.207. The van der Waals surface area contributed by atoms with Crippen molar-refractivity contribution in [3.8, 4) is 5.75 Å². The van der Waals surface area contributed by atoms with E-state index in [1.165, 1.54) is 13.2 Å². The zero-order chi connectivity index (χ0) is 19.4. The van der Waals surface area contributed by atoms with Crippen LogP contribution in [0.25, 0.3) is 10.8 Å². The Morgan fingerprint density at radius 3 is 2.70 bits per heavy atom. The molecule has 0 spiro atoms. The molecule has 1 unspecified atom stereocenters. The maximum atomic E-state index is 12.9. The number of pyridine rings is 1. The van der Waals surface area contributed by atoms with Crippen molar-refractivity contribution in [1.82, 2.24) is 4.98 Å². The molecule has 4 N–H and O–H groups in total. The Bertz CT molecular complexity index is 962. The van der Waals surface area contributed by atoms with Gasteiger partial charge in [-0.3, -0.25) is 9.78 Å². The molecule has 0 amide bonds. The Hall–Kier alpha value is -2.74. The number of benzene rings is 2. The summed E-state index contributed by atoms with van der Waals surface area (Å²) in [5.41, 5.74) is 7.71. The zero-order valence-corrected chi connectivity index (χ0v) is 15.0. The van der Waals surface area contributed by atoms with E-state index >= 15 is 0 Å². The summed E-state index contributed by atoms with van der Waals surface area (Å²) in [5, 5.41) is 20.8. The molecule has 0 aliphatic rings. The number of Topliss-reactive ketones (excluding diaryl/α,β-unsaturated/α-hetero) is 1. The monoisotopic (exact) mass is 364 g/mol. The number of hydrogen-bond acceptors (Lipinski definition) is 6. The van der Waals surface area contributed by atoms with Gasteiger partial charge in [-0.15, -0.1) is 0 Å². The zero-order valence-electron chi connectivity index (χ0n) is 15.0. The average molecular weight is 364 g/mol. The van der Waals surface area contributed by atoms with Crippen LogP contribution in [0.1, 0.15) is 17.0 Å². The highest BCUT2D eigenvalue weighted by molar-refractivity contribution is 6.59. The van der Waals surface area contributed by atoms with Crippen LogP contribution in [0.2, 0.25) is 0 Å². The largest absolute Gasteiger partial charge is 0.497 e. The molecule has 1 heterocycles. The number of ketones is 1. The van der Waals surface area contributed by atoms with Crippen LogP contribution < -0.4 is 15.9 Å². The second kappa shape index (κ2) is 8.31. The smallest absolute Gasteiger partial charge is 0.492 e. The number of ether oxygens (including phenoxy) is 1. The van der Waals surface area contributed by atoms with Crippen molar-refractivity contribution >= 4 is 29.1 Å². The van der Waals surface area contributed by atoms with Gasteiger partial charge in [0.15, 0.2) is 0 Å². The molecule has 27 heavy (non-hydrogen) atoms. The molecule has 3 aromatic rings. The highest BCUT2D eigenvalue weighted by Crippen LogP contribution is 2.23. The summed E-state index contributed by atoms with van der Waals surface area (Å²) in [6.45, 7) is 0.153. The summed E-state index contributed by atoms with van der Waals surface area (Å²) < 4.78 is 5.21. The maximum absolute atomic E-state index is 12.9. The quantitative estimate of drug-likeness (QED) is 0.535. The van der Waals surface area contributed by atoms with E-state index in [9.17, 15) is 14.8 Å². The van der Waals surface area contributed by atoms with E-state index in [1.54, 1.807) is 24.5 Å². The molecule has 0 radical (unpaired) electrons. The Labute approximate surface area is 157 Å². The highest BCUT2D eigenvalue weighted by atomic mass is 16.5. The van der Waals surface area contributed by atoms with Crippen molar-refractivity contribution in [3.05, 3.63) is 66.0 Å². The number of carbonyl (C=O) groups excluding carboxylic acids is 1.